The first-order valence-corrected chi connectivity index (χ1v) is 7.71. The molecule has 2 heteroatoms. The Balaban J connectivity index is 2.02. The maximum absolute atomic E-state index is 5.75. The fraction of sp³-hybridized carbons (Fsp3) is 0.368. The van der Waals surface area contributed by atoms with Gasteiger partial charge in [0, 0.05) is 6.04 Å². The van der Waals surface area contributed by atoms with E-state index in [1.165, 1.54) is 22.3 Å². The third-order valence-electron chi connectivity index (χ3n) is 4.01. The molecule has 0 saturated heterocycles. The molecule has 2 aromatic carbocycles. The Hall–Kier alpha value is -1.64. The zero-order valence-electron chi connectivity index (χ0n) is 13.3. The largest absolute Gasteiger partial charge is 0.271 e. The summed E-state index contributed by atoms with van der Waals surface area (Å²) in [6.45, 7) is 6.56. The maximum Gasteiger partial charge on any atom is 0.0463 e. The SMILES string of the molecule is Cc1cccc(CCC(NN)c2ccc(C(C)C)cc2)c1. The van der Waals surface area contributed by atoms with E-state index in [9.17, 15) is 0 Å². The number of rotatable bonds is 6. The van der Waals surface area contributed by atoms with Crippen molar-refractivity contribution in [1.29, 1.82) is 0 Å². The van der Waals surface area contributed by atoms with Crippen LogP contribution in [0.25, 0.3) is 0 Å². The summed E-state index contributed by atoms with van der Waals surface area (Å²) in [7, 11) is 0. The Morgan fingerprint density at radius 2 is 1.67 bits per heavy atom. The topological polar surface area (TPSA) is 38.0 Å². The molecule has 3 N–H and O–H groups in total. The van der Waals surface area contributed by atoms with Crippen LogP contribution in [0.15, 0.2) is 48.5 Å². The van der Waals surface area contributed by atoms with E-state index in [-0.39, 0.29) is 6.04 Å². The molecular weight excluding hydrogens is 256 g/mol. The van der Waals surface area contributed by atoms with E-state index >= 15 is 0 Å². The van der Waals surface area contributed by atoms with Crippen LogP contribution in [0.2, 0.25) is 0 Å². The second-order valence-corrected chi connectivity index (χ2v) is 6.07. The normalized spacial score (nSPS) is 12.6. The predicted molar refractivity (Wildman–Crippen MR) is 90.1 cm³/mol. The molecular formula is C19H26N2. The molecule has 0 amide bonds. The summed E-state index contributed by atoms with van der Waals surface area (Å²) in [5.74, 6) is 6.31. The molecule has 112 valence electrons. The highest BCUT2D eigenvalue weighted by molar-refractivity contribution is 5.27. The van der Waals surface area contributed by atoms with Gasteiger partial charge in [0.05, 0.1) is 0 Å². The lowest BCUT2D eigenvalue weighted by molar-refractivity contribution is 0.516. The molecule has 1 unspecified atom stereocenters. The fourth-order valence-corrected chi connectivity index (χ4v) is 2.64. The van der Waals surface area contributed by atoms with Crippen LogP contribution in [-0.4, -0.2) is 0 Å². The highest BCUT2D eigenvalue weighted by Gasteiger charge is 2.10. The smallest absolute Gasteiger partial charge is 0.0463 e. The molecule has 0 aliphatic rings. The van der Waals surface area contributed by atoms with Gasteiger partial charge in [0.15, 0.2) is 0 Å². The van der Waals surface area contributed by atoms with Gasteiger partial charge in [-0.05, 0) is 42.4 Å². The zero-order chi connectivity index (χ0) is 15.2. The van der Waals surface area contributed by atoms with E-state index < -0.39 is 0 Å². The molecule has 2 nitrogen and oxygen atoms in total. The van der Waals surface area contributed by atoms with Crippen LogP contribution in [0.3, 0.4) is 0 Å². The second-order valence-electron chi connectivity index (χ2n) is 6.07. The van der Waals surface area contributed by atoms with E-state index in [0.29, 0.717) is 5.92 Å². The standard InChI is InChI=1S/C19H26N2/c1-14(2)17-8-10-18(11-9-17)19(21-20)12-7-16-6-4-5-15(3)13-16/h4-6,8-11,13-14,19,21H,7,12,20H2,1-3H3. The first-order chi connectivity index (χ1) is 10.1. The van der Waals surface area contributed by atoms with Crippen molar-refractivity contribution in [2.45, 2.75) is 45.6 Å². The minimum absolute atomic E-state index is 0.201. The minimum Gasteiger partial charge on any atom is -0.271 e. The van der Waals surface area contributed by atoms with Crippen molar-refractivity contribution < 1.29 is 0 Å². The molecule has 1 atom stereocenters. The van der Waals surface area contributed by atoms with Gasteiger partial charge in [-0.2, -0.15) is 0 Å². The maximum atomic E-state index is 5.75. The molecule has 0 aromatic heterocycles. The van der Waals surface area contributed by atoms with Crippen molar-refractivity contribution in [3.63, 3.8) is 0 Å². The van der Waals surface area contributed by atoms with Crippen molar-refractivity contribution in [3.8, 4) is 0 Å². The number of nitrogens with one attached hydrogen (secondary N) is 1. The molecule has 0 spiro atoms. The number of hydrogen-bond donors (Lipinski definition) is 2. The summed E-state index contributed by atoms with van der Waals surface area (Å²) in [4.78, 5) is 0. The van der Waals surface area contributed by atoms with Crippen molar-refractivity contribution in [2.75, 3.05) is 0 Å². The summed E-state index contributed by atoms with van der Waals surface area (Å²) in [5, 5.41) is 0. The molecule has 0 radical (unpaired) electrons. The van der Waals surface area contributed by atoms with Gasteiger partial charge in [-0.3, -0.25) is 11.3 Å². The monoisotopic (exact) mass is 282 g/mol. The van der Waals surface area contributed by atoms with E-state index in [2.05, 4.69) is 74.7 Å². The third kappa shape index (κ3) is 4.42. The van der Waals surface area contributed by atoms with Crippen LogP contribution in [0.1, 0.15) is 54.5 Å². The Morgan fingerprint density at radius 1 is 1.00 bits per heavy atom. The molecule has 0 aliphatic carbocycles. The molecule has 0 saturated carbocycles. The molecule has 0 bridgehead atoms. The second kappa shape index (κ2) is 7.39. The molecule has 2 aromatic rings. The first kappa shape index (κ1) is 15.7. The molecule has 21 heavy (non-hydrogen) atoms. The summed E-state index contributed by atoms with van der Waals surface area (Å²) < 4.78 is 0. The molecule has 0 aliphatic heterocycles. The van der Waals surface area contributed by atoms with Gasteiger partial charge in [0.1, 0.15) is 0 Å². The van der Waals surface area contributed by atoms with E-state index in [0.717, 1.165) is 12.8 Å². The summed E-state index contributed by atoms with van der Waals surface area (Å²) in [6, 6.07) is 17.7. The summed E-state index contributed by atoms with van der Waals surface area (Å²) in [6.07, 6.45) is 2.03. The Kier molecular flexibility index (Phi) is 5.54. The highest BCUT2D eigenvalue weighted by atomic mass is 15.2. The number of hydrazine groups is 1. The van der Waals surface area contributed by atoms with Crippen molar-refractivity contribution >= 4 is 0 Å². The number of benzene rings is 2. The van der Waals surface area contributed by atoms with Crippen molar-refractivity contribution in [3.05, 3.63) is 70.8 Å². The van der Waals surface area contributed by atoms with Gasteiger partial charge in [-0.1, -0.05) is 67.9 Å². The summed E-state index contributed by atoms with van der Waals surface area (Å²) >= 11 is 0. The van der Waals surface area contributed by atoms with Crippen LogP contribution in [0, 0.1) is 6.92 Å². The van der Waals surface area contributed by atoms with Gasteiger partial charge in [-0.25, -0.2) is 0 Å². The van der Waals surface area contributed by atoms with Crippen molar-refractivity contribution in [1.82, 2.24) is 5.43 Å². The van der Waals surface area contributed by atoms with Gasteiger partial charge in [-0.15, -0.1) is 0 Å². The van der Waals surface area contributed by atoms with Gasteiger partial charge in [0.2, 0.25) is 0 Å². The zero-order valence-corrected chi connectivity index (χ0v) is 13.3. The van der Waals surface area contributed by atoms with E-state index in [1.54, 1.807) is 0 Å². The van der Waals surface area contributed by atoms with Gasteiger partial charge in [0.25, 0.3) is 0 Å². The van der Waals surface area contributed by atoms with E-state index in [1.807, 2.05) is 0 Å². The van der Waals surface area contributed by atoms with Crippen LogP contribution in [0.4, 0.5) is 0 Å². The lowest BCUT2D eigenvalue weighted by Gasteiger charge is -2.17. The first-order valence-electron chi connectivity index (χ1n) is 7.71. The lowest BCUT2D eigenvalue weighted by Crippen LogP contribution is -2.28. The van der Waals surface area contributed by atoms with Crippen LogP contribution in [0.5, 0.6) is 0 Å². The van der Waals surface area contributed by atoms with Gasteiger partial charge < -0.3 is 0 Å². The quantitative estimate of drug-likeness (QED) is 0.614. The number of aryl methyl sites for hydroxylation is 2. The fourth-order valence-electron chi connectivity index (χ4n) is 2.64. The Morgan fingerprint density at radius 3 is 2.24 bits per heavy atom. The molecule has 2 rings (SSSR count). The predicted octanol–water partition coefficient (Wildman–Crippen LogP) is 4.26. The average Bonchev–Trinajstić information content (AvgIpc) is 2.48. The number of nitrogens with two attached hydrogens (primary N) is 1. The summed E-state index contributed by atoms with van der Waals surface area (Å²) in [5.41, 5.74) is 8.26. The lowest BCUT2D eigenvalue weighted by atomic mass is 9.96. The average molecular weight is 282 g/mol. The molecule has 0 fully saturated rings. The van der Waals surface area contributed by atoms with Crippen molar-refractivity contribution in [2.24, 2.45) is 5.84 Å². The van der Waals surface area contributed by atoms with E-state index in [4.69, 9.17) is 5.84 Å². The third-order valence-corrected chi connectivity index (χ3v) is 4.01. The Bertz CT molecular complexity index is 558. The van der Waals surface area contributed by atoms with Gasteiger partial charge >= 0.3 is 0 Å². The van der Waals surface area contributed by atoms with Crippen LogP contribution >= 0.6 is 0 Å². The molecule has 0 heterocycles. The van der Waals surface area contributed by atoms with Crippen LogP contribution < -0.4 is 11.3 Å². The van der Waals surface area contributed by atoms with Crippen LogP contribution in [-0.2, 0) is 6.42 Å². The highest BCUT2D eigenvalue weighted by Crippen LogP contribution is 2.22. The minimum atomic E-state index is 0.201. The number of hydrogen-bond acceptors (Lipinski definition) is 2. The Labute approximate surface area is 128 Å².